The van der Waals surface area contributed by atoms with Gasteiger partial charge in [0.1, 0.15) is 12.4 Å². The van der Waals surface area contributed by atoms with Crippen LogP contribution >= 0.6 is 11.6 Å². The van der Waals surface area contributed by atoms with Crippen molar-refractivity contribution in [3.63, 3.8) is 0 Å². The molecule has 0 heterocycles. The average Bonchev–Trinajstić information content (AvgIpc) is 2.37. The van der Waals surface area contributed by atoms with Crippen LogP contribution < -0.4 is 10.5 Å². The molecule has 0 aromatic heterocycles. The molecule has 0 saturated carbocycles. The third-order valence-electron chi connectivity index (χ3n) is 2.68. The molecule has 0 bridgehead atoms. The van der Waals surface area contributed by atoms with Gasteiger partial charge in [-0.3, -0.25) is 0 Å². The van der Waals surface area contributed by atoms with Gasteiger partial charge in [0, 0.05) is 11.1 Å². The summed E-state index contributed by atoms with van der Waals surface area (Å²) >= 11 is 5.92. The average molecular weight is 262 g/mol. The van der Waals surface area contributed by atoms with Gasteiger partial charge < -0.3 is 10.5 Å². The predicted octanol–water partition coefficient (Wildman–Crippen LogP) is 3.94. The lowest BCUT2D eigenvalue weighted by molar-refractivity contribution is 0.306. The van der Waals surface area contributed by atoms with Crippen LogP contribution in [0.4, 0.5) is 0 Å². The maximum absolute atomic E-state index is 5.92. The van der Waals surface area contributed by atoms with E-state index >= 15 is 0 Å². The standard InChI is InChI=1S/C15H16ClNO/c1-11(17)13-5-3-7-15(9-13)18-10-12-4-2-6-14(16)8-12/h2-9,11H,10,17H2,1H3/t11-/m1/s1. The van der Waals surface area contributed by atoms with E-state index in [-0.39, 0.29) is 6.04 Å². The highest BCUT2D eigenvalue weighted by Gasteiger charge is 2.02. The normalized spacial score (nSPS) is 12.2. The zero-order chi connectivity index (χ0) is 13.0. The fourth-order valence-electron chi connectivity index (χ4n) is 1.68. The van der Waals surface area contributed by atoms with E-state index in [1.807, 2.05) is 55.5 Å². The Hall–Kier alpha value is -1.51. The van der Waals surface area contributed by atoms with Crippen molar-refractivity contribution in [2.75, 3.05) is 0 Å². The second-order valence-corrected chi connectivity index (χ2v) is 4.72. The van der Waals surface area contributed by atoms with E-state index in [0.717, 1.165) is 21.9 Å². The Labute approximate surface area is 112 Å². The number of benzene rings is 2. The second-order valence-electron chi connectivity index (χ2n) is 4.28. The van der Waals surface area contributed by atoms with E-state index in [0.29, 0.717) is 6.61 Å². The Kier molecular flexibility index (Phi) is 4.24. The maximum Gasteiger partial charge on any atom is 0.120 e. The number of rotatable bonds is 4. The van der Waals surface area contributed by atoms with Crippen LogP contribution in [0.5, 0.6) is 5.75 Å². The third kappa shape index (κ3) is 3.49. The van der Waals surface area contributed by atoms with Gasteiger partial charge in [-0.25, -0.2) is 0 Å². The van der Waals surface area contributed by atoms with Gasteiger partial charge in [0.25, 0.3) is 0 Å². The Morgan fingerprint density at radius 1 is 1.17 bits per heavy atom. The summed E-state index contributed by atoms with van der Waals surface area (Å²) in [5.74, 6) is 0.824. The zero-order valence-electron chi connectivity index (χ0n) is 10.3. The van der Waals surface area contributed by atoms with Crippen LogP contribution in [0.2, 0.25) is 5.02 Å². The van der Waals surface area contributed by atoms with Crippen molar-refractivity contribution in [2.24, 2.45) is 5.73 Å². The van der Waals surface area contributed by atoms with Crippen LogP contribution in [-0.2, 0) is 6.61 Å². The Balaban J connectivity index is 2.04. The van der Waals surface area contributed by atoms with Gasteiger partial charge in [-0.1, -0.05) is 35.9 Å². The number of hydrogen-bond acceptors (Lipinski definition) is 2. The molecular formula is C15H16ClNO. The molecule has 2 aromatic carbocycles. The highest BCUT2D eigenvalue weighted by molar-refractivity contribution is 6.30. The number of hydrogen-bond donors (Lipinski definition) is 1. The molecule has 0 aliphatic heterocycles. The minimum atomic E-state index is 0.0136. The lowest BCUT2D eigenvalue weighted by Gasteiger charge is -2.10. The topological polar surface area (TPSA) is 35.2 Å². The summed E-state index contributed by atoms with van der Waals surface area (Å²) in [6.45, 7) is 2.46. The number of halogens is 1. The van der Waals surface area contributed by atoms with Crippen molar-refractivity contribution >= 4 is 11.6 Å². The zero-order valence-corrected chi connectivity index (χ0v) is 11.0. The summed E-state index contributed by atoms with van der Waals surface area (Å²) in [4.78, 5) is 0. The number of nitrogens with two attached hydrogens (primary N) is 1. The lowest BCUT2D eigenvalue weighted by atomic mass is 10.1. The van der Waals surface area contributed by atoms with Gasteiger partial charge in [0.15, 0.2) is 0 Å². The van der Waals surface area contributed by atoms with Gasteiger partial charge in [0.05, 0.1) is 0 Å². The largest absolute Gasteiger partial charge is 0.489 e. The van der Waals surface area contributed by atoms with Crippen LogP contribution in [0.1, 0.15) is 24.1 Å². The first-order chi connectivity index (χ1) is 8.65. The van der Waals surface area contributed by atoms with Gasteiger partial charge in [0.2, 0.25) is 0 Å². The van der Waals surface area contributed by atoms with Crippen LogP contribution in [0.3, 0.4) is 0 Å². The molecule has 0 aliphatic rings. The van der Waals surface area contributed by atoms with Gasteiger partial charge in [-0.2, -0.15) is 0 Å². The first-order valence-electron chi connectivity index (χ1n) is 5.88. The summed E-state index contributed by atoms with van der Waals surface area (Å²) in [7, 11) is 0. The van der Waals surface area contributed by atoms with E-state index in [9.17, 15) is 0 Å². The molecule has 2 rings (SSSR count). The molecule has 18 heavy (non-hydrogen) atoms. The molecule has 0 radical (unpaired) electrons. The monoisotopic (exact) mass is 261 g/mol. The summed E-state index contributed by atoms with van der Waals surface area (Å²) in [5, 5.41) is 0.723. The van der Waals surface area contributed by atoms with Crippen molar-refractivity contribution < 1.29 is 4.74 Å². The van der Waals surface area contributed by atoms with Gasteiger partial charge in [-0.05, 0) is 42.3 Å². The molecule has 2 aromatic rings. The lowest BCUT2D eigenvalue weighted by Crippen LogP contribution is -2.05. The molecule has 0 saturated heterocycles. The summed E-state index contributed by atoms with van der Waals surface area (Å²) in [6.07, 6.45) is 0. The van der Waals surface area contributed by atoms with Crippen molar-refractivity contribution in [3.8, 4) is 5.75 Å². The molecule has 2 N–H and O–H groups in total. The molecule has 0 spiro atoms. The molecule has 1 atom stereocenters. The van der Waals surface area contributed by atoms with Crippen molar-refractivity contribution in [2.45, 2.75) is 19.6 Å². The quantitative estimate of drug-likeness (QED) is 0.905. The van der Waals surface area contributed by atoms with E-state index < -0.39 is 0 Å². The van der Waals surface area contributed by atoms with Gasteiger partial charge >= 0.3 is 0 Å². The highest BCUT2D eigenvalue weighted by Crippen LogP contribution is 2.19. The Morgan fingerprint density at radius 2 is 1.94 bits per heavy atom. The van der Waals surface area contributed by atoms with Crippen LogP contribution in [0.15, 0.2) is 48.5 Å². The maximum atomic E-state index is 5.92. The highest BCUT2D eigenvalue weighted by atomic mass is 35.5. The molecule has 94 valence electrons. The third-order valence-corrected chi connectivity index (χ3v) is 2.91. The first kappa shape index (κ1) is 12.9. The summed E-state index contributed by atoms with van der Waals surface area (Å²) in [6, 6.07) is 15.5. The second kappa shape index (κ2) is 5.89. The molecule has 0 amide bonds. The van der Waals surface area contributed by atoms with Crippen LogP contribution in [0.25, 0.3) is 0 Å². The first-order valence-corrected chi connectivity index (χ1v) is 6.26. The predicted molar refractivity (Wildman–Crippen MR) is 74.8 cm³/mol. The van der Waals surface area contributed by atoms with Crippen molar-refractivity contribution in [3.05, 3.63) is 64.7 Å². The minimum absolute atomic E-state index is 0.0136. The molecule has 3 heteroatoms. The summed E-state index contributed by atoms with van der Waals surface area (Å²) in [5.41, 5.74) is 7.95. The van der Waals surface area contributed by atoms with Crippen LogP contribution in [0, 0.1) is 0 Å². The van der Waals surface area contributed by atoms with Gasteiger partial charge in [-0.15, -0.1) is 0 Å². The molecule has 0 unspecified atom stereocenters. The Bertz CT molecular complexity index is 525. The number of ether oxygens (including phenoxy) is 1. The Morgan fingerprint density at radius 3 is 2.67 bits per heavy atom. The fraction of sp³-hybridized carbons (Fsp3) is 0.200. The fourth-order valence-corrected chi connectivity index (χ4v) is 1.89. The van der Waals surface area contributed by atoms with E-state index in [2.05, 4.69) is 0 Å². The van der Waals surface area contributed by atoms with Crippen molar-refractivity contribution in [1.82, 2.24) is 0 Å². The molecular weight excluding hydrogens is 246 g/mol. The molecule has 2 nitrogen and oxygen atoms in total. The SMILES string of the molecule is C[C@@H](N)c1cccc(OCc2cccc(Cl)c2)c1. The minimum Gasteiger partial charge on any atom is -0.489 e. The van der Waals surface area contributed by atoms with Crippen LogP contribution in [-0.4, -0.2) is 0 Å². The summed E-state index contributed by atoms with van der Waals surface area (Å²) < 4.78 is 5.72. The smallest absolute Gasteiger partial charge is 0.120 e. The molecule has 0 fully saturated rings. The van der Waals surface area contributed by atoms with Crippen molar-refractivity contribution in [1.29, 1.82) is 0 Å². The van der Waals surface area contributed by atoms with E-state index in [1.54, 1.807) is 0 Å². The van der Waals surface area contributed by atoms with E-state index in [1.165, 1.54) is 0 Å². The molecule has 0 aliphatic carbocycles. The van der Waals surface area contributed by atoms with E-state index in [4.69, 9.17) is 22.1 Å².